The van der Waals surface area contributed by atoms with Crippen molar-refractivity contribution in [1.82, 2.24) is 4.72 Å². The van der Waals surface area contributed by atoms with Crippen molar-refractivity contribution in [2.45, 2.75) is 38.1 Å². The fraction of sp³-hybridized carbons (Fsp3) is 0.417. The number of benzene rings is 1. The van der Waals surface area contributed by atoms with Crippen LogP contribution in [0.15, 0.2) is 23.1 Å². The second-order valence-electron chi connectivity index (χ2n) is 4.46. The average Bonchev–Trinajstić information content (AvgIpc) is 2.13. The summed E-state index contributed by atoms with van der Waals surface area (Å²) < 4.78 is 26.9. The minimum atomic E-state index is -3.52. The summed E-state index contributed by atoms with van der Waals surface area (Å²) in [5.74, 6) is 0. The predicted octanol–water partition coefficient (Wildman–Crippen LogP) is 1.65. The van der Waals surface area contributed by atoms with E-state index in [4.69, 9.17) is 18.0 Å². The standard InChI is InChI=1S/C12H18N2O2S2/c1-8-4-5-11(9(2)6-8)18(15,16)14-10(3)7-12(13)17/h4-6,10,14H,7H2,1-3H3,(H2,13,17). The molecule has 1 unspecified atom stereocenters. The van der Waals surface area contributed by atoms with Gasteiger partial charge in [0, 0.05) is 12.5 Å². The number of sulfonamides is 1. The van der Waals surface area contributed by atoms with E-state index in [2.05, 4.69) is 4.72 Å². The Morgan fingerprint density at radius 3 is 2.56 bits per heavy atom. The van der Waals surface area contributed by atoms with Crippen molar-refractivity contribution in [3.8, 4) is 0 Å². The summed E-state index contributed by atoms with van der Waals surface area (Å²) in [5, 5.41) is 0. The maximum Gasteiger partial charge on any atom is 0.241 e. The van der Waals surface area contributed by atoms with E-state index in [1.54, 1.807) is 26.0 Å². The first-order valence-electron chi connectivity index (χ1n) is 5.60. The van der Waals surface area contributed by atoms with Gasteiger partial charge in [-0.15, -0.1) is 0 Å². The molecule has 3 N–H and O–H groups in total. The third-order valence-electron chi connectivity index (χ3n) is 2.48. The van der Waals surface area contributed by atoms with E-state index in [9.17, 15) is 8.42 Å². The highest BCUT2D eigenvalue weighted by Crippen LogP contribution is 2.16. The lowest BCUT2D eigenvalue weighted by Crippen LogP contribution is -2.35. The Morgan fingerprint density at radius 1 is 1.44 bits per heavy atom. The van der Waals surface area contributed by atoms with Crippen molar-refractivity contribution in [3.05, 3.63) is 29.3 Å². The zero-order valence-electron chi connectivity index (χ0n) is 10.7. The number of hydrogen-bond acceptors (Lipinski definition) is 3. The van der Waals surface area contributed by atoms with Gasteiger partial charge in [0.2, 0.25) is 10.0 Å². The second-order valence-corrected chi connectivity index (χ2v) is 6.67. The summed E-state index contributed by atoms with van der Waals surface area (Å²) in [6, 6.07) is 4.92. The minimum Gasteiger partial charge on any atom is -0.393 e. The molecular formula is C12H18N2O2S2. The van der Waals surface area contributed by atoms with Gasteiger partial charge in [-0.05, 0) is 32.4 Å². The Morgan fingerprint density at radius 2 is 2.06 bits per heavy atom. The summed E-state index contributed by atoms with van der Waals surface area (Å²) in [6.07, 6.45) is 0.347. The Bertz CT molecular complexity index is 553. The lowest BCUT2D eigenvalue weighted by Gasteiger charge is -2.15. The van der Waals surface area contributed by atoms with Gasteiger partial charge in [0.05, 0.1) is 9.88 Å². The molecule has 1 aromatic carbocycles. The van der Waals surface area contributed by atoms with Gasteiger partial charge < -0.3 is 5.73 Å². The molecule has 0 aromatic heterocycles. The fourth-order valence-corrected chi connectivity index (χ4v) is 3.49. The number of hydrogen-bond donors (Lipinski definition) is 2. The summed E-state index contributed by atoms with van der Waals surface area (Å²) in [7, 11) is -3.52. The smallest absolute Gasteiger partial charge is 0.241 e. The van der Waals surface area contributed by atoms with E-state index < -0.39 is 10.0 Å². The summed E-state index contributed by atoms with van der Waals surface area (Å²) in [6.45, 7) is 5.44. The van der Waals surface area contributed by atoms with E-state index in [1.165, 1.54) is 0 Å². The monoisotopic (exact) mass is 286 g/mol. The number of aryl methyl sites for hydroxylation is 2. The van der Waals surface area contributed by atoms with Crippen LogP contribution in [0.1, 0.15) is 24.5 Å². The molecule has 0 heterocycles. The van der Waals surface area contributed by atoms with Crippen molar-refractivity contribution < 1.29 is 8.42 Å². The first kappa shape index (κ1) is 15.1. The van der Waals surface area contributed by atoms with Crippen LogP contribution in [0.3, 0.4) is 0 Å². The first-order valence-corrected chi connectivity index (χ1v) is 7.49. The van der Waals surface area contributed by atoms with Gasteiger partial charge in [-0.1, -0.05) is 29.9 Å². The zero-order valence-corrected chi connectivity index (χ0v) is 12.4. The SMILES string of the molecule is Cc1ccc(S(=O)(=O)NC(C)CC(N)=S)c(C)c1. The summed E-state index contributed by atoms with van der Waals surface area (Å²) in [5.41, 5.74) is 7.15. The van der Waals surface area contributed by atoms with E-state index in [0.717, 1.165) is 11.1 Å². The van der Waals surface area contributed by atoms with Crippen LogP contribution in [0.5, 0.6) is 0 Å². The highest BCUT2D eigenvalue weighted by molar-refractivity contribution is 7.89. The highest BCUT2D eigenvalue weighted by Gasteiger charge is 2.19. The van der Waals surface area contributed by atoms with Crippen molar-refractivity contribution in [2.24, 2.45) is 5.73 Å². The largest absolute Gasteiger partial charge is 0.393 e. The lowest BCUT2D eigenvalue weighted by molar-refractivity contribution is 0.564. The normalized spacial score (nSPS) is 13.3. The average molecular weight is 286 g/mol. The van der Waals surface area contributed by atoms with Gasteiger partial charge in [-0.2, -0.15) is 0 Å². The Kier molecular flexibility index (Phi) is 4.84. The van der Waals surface area contributed by atoms with Crippen LogP contribution in [0.25, 0.3) is 0 Å². The molecule has 0 saturated carbocycles. The van der Waals surface area contributed by atoms with Gasteiger partial charge in [0.25, 0.3) is 0 Å². The molecule has 0 aliphatic heterocycles. The molecule has 0 fully saturated rings. The highest BCUT2D eigenvalue weighted by atomic mass is 32.2. The van der Waals surface area contributed by atoms with E-state index in [0.29, 0.717) is 16.3 Å². The topological polar surface area (TPSA) is 72.2 Å². The van der Waals surface area contributed by atoms with Crippen LogP contribution in [0.4, 0.5) is 0 Å². The molecule has 0 spiro atoms. The van der Waals surface area contributed by atoms with Crippen LogP contribution in [-0.4, -0.2) is 19.4 Å². The van der Waals surface area contributed by atoms with E-state index in [-0.39, 0.29) is 6.04 Å². The predicted molar refractivity (Wildman–Crippen MR) is 77.1 cm³/mol. The number of thiocarbonyl (C=S) groups is 1. The van der Waals surface area contributed by atoms with Crippen LogP contribution < -0.4 is 10.5 Å². The quantitative estimate of drug-likeness (QED) is 0.807. The van der Waals surface area contributed by atoms with Crippen molar-refractivity contribution in [3.63, 3.8) is 0 Å². The molecule has 18 heavy (non-hydrogen) atoms. The van der Waals surface area contributed by atoms with Crippen molar-refractivity contribution >= 4 is 27.2 Å². The van der Waals surface area contributed by atoms with Gasteiger partial charge >= 0.3 is 0 Å². The molecule has 6 heteroatoms. The summed E-state index contributed by atoms with van der Waals surface area (Å²) >= 11 is 4.76. The Balaban J connectivity index is 2.96. The van der Waals surface area contributed by atoms with Gasteiger partial charge in [-0.25, -0.2) is 13.1 Å². The minimum absolute atomic E-state index is 0.294. The molecule has 1 atom stereocenters. The van der Waals surface area contributed by atoms with Gasteiger partial charge in [-0.3, -0.25) is 0 Å². The number of nitrogens with two attached hydrogens (primary N) is 1. The maximum atomic E-state index is 12.2. The van der Waals surface area contributed by atoms with Gasteiger partial charge in [0.15, 0.2) is 0 Å². The van der Waals surface area contributed by atoms with Crippen LogP contribution in [0, 0.1) is 13.8 Å². The van der Waals surface area contributed by atoms with Crippen LogP contribution >= 0.6 is 12.2 Å². The van der Waals surface area contributed by atoms with Crippen LogP contribution in [-0.2, 0) is 10.0 Å². The molecule has 0 bridgehead atoms. The lowest BCUT2D eigenvalue weighted by atomic mass is 10.2. The van der Waals surface area contributed by atoms with E-state index >= 15 is 0 Å². The molecule has 0 amide bonds. The molecule has 1 aromatic rings. The van der Waals surface area contributed by atoms with E-state index in [1.807, 2.05) is 13.0 Å². The maximum absolute atomic E-state index is 12.2. The molecule has 0 aliphatic carbocycles. The third-order valence-corrected chi connectivity index (χ3v) is 4.40. The second kappa shape index (κ2) is 5.77. The van der Waals surface area contributed by atoms with Gasteiger partial charge in [0.1, 0.15) is 0 Å². The van der Waals surface area contributed by atoms with Crippen LogP contribution in [0.2, 0.25) is 0 Å². The zero-order chi connectivity index (χ0) is 13.9. The summed E-state index contributed by atoms with van der Waals surface area (Å²) in [4.78, 5) is 0.591. The Hall–Kier alpha value is -0.980. The number of rotatable bonds is 5. The molecule has 1 rings (SSSR count). The molecule has 0 saturated heterocycles. The number of nitrogens with one attached hydrogen (secondary N) is 1. The van der Waals surface area contributed by atoms with Crippen molar-refractivity contribution in [1.29, 1.82) is 0 Å². The molecule has 4 nitrogen and oxygen atoms in total. The first-order chi connectivity index (χ1) is 8.22. The molecule has 100 valence electrons. The Labute approximate surface area is 114 Å². The molecule has 0 aliphatic rings. The molecular weight excluding hydrogens is 268 g/mol. The van der Waals surface area contributed by atoms with Crippen molar-refractivity contribution in [2.75, 3.05) is 0 Å². The molecule has 0 radical (unpaired) electrons. The third kappa shape index (κ3) is 4.04. The fourth-order valence-electron chi connectivity index (χ4n) is 1.77.